The first-order valence-corrected chi connectivity index (χ1v) is 3.34. The molecular weight excluding hydrogens is 151 g/mol. The zero-order valence-electron chi connectivity index (χ0n) is 5.77. The molecule has 0 saturated heterocycles. The molecule has 0 saturated carbocycles. The van der Waals surface area contributed by atoms with Gasteiger partial charge in [-0.2, -0.15) is 0 Å². The second-order valence-electron chi connectivity index (χ2n) is 2.55. The Morgan fingerprint density at radius 3 is 2.73 bits per heavy atom. The number of aliphatic hydroxyl groups is 1. The molecule has 3 nitrogen and oxygen atoms in total. The Hall–Kier alpha value is -0.900. The summed E-state index contributed by atoms with van der Waals surface area (Å²) in [5.74, 6) is -2.38. The van der Waals surface area contributed by atoms with Crippen molar-refractivity contribution < 1.29 is 19.4 Å². The van der Waals surface area contributed by atoms with Crippen LogP contribution in [0, 0.1) is 5.92 Å². The van der Waals surface area contributed by atoms with Gasteiger partial charge in [0, 0.05) is 5.92 Å². The Morgan fingerprint density at radius 1 is 1.73 bits per heavy atom. The maximum absolute atomic E-state index is 12.7. The van der Waals surface area contributed by atoms with E-state index in [2.05, 4.69) is 0 Å². The van der Waals surface area contributed by atoms with Crippen molar-refractivity contribution in [3.05, 3.63) is 12.2 Å². The standard InChI is InChI=1S/C7H9FO3/c8-6(7(10)11)4-2-1-3-5(4)9/h1-2,4-6,9H,3H2,(H,10,11)/t4-,5-,6?/m0/s1. The highest BCUT2D eigenvalue weighted by atomic mass is 19.1. The predicted molar refractivity (Wildman–Crippen MR) is 35.8 cm³/mol. The summed E-state index contributed by atoms with van der Waals surface area (Å²) in [5, 5.41) is 17.3. The van der Waals surface area contributed by atoms with Crippen LogP contribution in [0.2, 0.25) is 0 Å². The van der Waals surface area contributed by atoms with Gasteiger partial charge in [0.2, 0.25) is 6.17 Å². The minimum Gasteiger partial charge on any atom is -0.479 e. The first-order chi connectivity index (χ1) is 5.13. The lowest BCUT2D eigenvalue weighted by Crippen LogP contribution is -2.30. The van der Waals surface area contributed by atoms with Crippen LogP contribution in [-0.4, -0.2) is 28.5 Å². The number of carboxylic acid groups (broad SMARTS) is 1. The molecule has 0 aromatic heterocycles. The molecule has 62 valence electrons. The summed E-state index contributed by atoms with van der Waals surface area (Å²) in [5.41, 5.74) is 0. The summed E-state index contributed by atoms with van der Waals surface area (Å²) in [7, 11) is 0. The second-order valence-corrected chi connectivity index (χ2v) is 2.55. The lowest BCUT2D eigenvalue weighted by atomic mass is 10.0. The molecule has 0 amide bonds. The maximum atomic E-state index is 12.7. The largest absolute Gasteiger partial charge is 0.479 e. The highest BCUT2D eigenvalue weighted by molar-refractivity contribution is 5.73. The van der Waals surface area contributed by atoms with E-state index in [1.54, 1.807) is 6.08 Å². The van der Waals surface area contributed by atoms with Crippen LogP contribution in [0.1, 0.15) is 6.42 Å². The first-order valence-electron chi connectivity index (χ1n) is 3.34. The summed E-state index contributed by atoms with van der Waals surface area (Å²) < 4.78 is 12.7. The van der Waals surface area contributed by atoms with Gasteiger partial charge < -0.3 is 10.2 Å². The van der Waals surface area contributed by atoms with Crippen molar-refractivity contribution in [1.29, 1.82) is 0 Å². The molecule has 2 N–H and O–H groups in total. The fourth-order valence-corrected chi connectivity index (χ4v) is 1.12. The van der Waals surface area contributed by atoms with E-state index in [0.717, 1.165) is 0 Å². The summed E-state index contributed by atoms with van der Waals surface area (Å²) >= 11 is 0. The van der Waals surface area contributed by atoms with Gasteiger partial charge in [-0.25, -0.2) is 9.18 Å². The molecule has 0 spiro atoms. The van der Waals surface area contributed by atoms with Gasteiger partial charge in [-0.1, -0.05) is 12.2 Å². The van der Waals surface area contributed by atoms with Gasteiger partial charge in [0.25, 0.3) is 0 Å². The number of aliphatic hydroxyl groups excluding tert-OH is 1. The number of halogens is 1. The summed E-state index contributed by atoms with van der Waals surface area (Å²) in [4.78, 5) is 10.1. The van der Waals surface area contributed by atoms with E-state index in [9.17, 15) is 9.18 Å². The first kappa shape index (κ1) is 8.20. The fourth-order valence-electron chi connectivity index (χ4n) is 1.12. The minimum atomic E-state index is -1.98. The summed E-state index contributed by atoms with van der Waals surface area (Å²) in [6, 6.07) is 0. The van der Waals surface area contributed by atoms with Crippen molar-refractivity contribution >= 4 is 5.97 Å². The van der Waals surface area contributed by atoms with E-state index in [-0.39, 0.29) is 0 Å². The number of hydrogen-bond acceptors (Lipinski definition) is 2. The third-order valence-corrected chi connectivity index (χ3v) is 1.75. The van der Waals surface area contributed by atoms with E-state index in [1.165, 1.54) is 6.08 Å². The number of alkyl halides is 1. The number of rotatable bonds is 2. The van der Waals surface area contributed by atoms with Gasteiger partial charge in [-0.15, -0.1) is 0 Å². The molecular formula is C7H9FO3. The Bertz CT molecular complexity index is 190. The molecule has 3 atom stereocenters. The Labute approximate surface area is 63.1 Å². The highest BCUT2D eigenvalue weighted by Crippen LogP contribution is 2.23. The average Bonchev–Trinajstić information content (AvgIpc) is 2.33. The molecule has 1 aliphatic carbocycles. The molecule has 0 bridgehead atoms. The average molecular weight is 160 g/mol. The molecule has 0 radical (unpaired) electrons. The van der Waals surface area contributed by atoms with E-state index in [4.69, 9.17) is 10.2 Å². The van der Waals surface area contributed by atoms with Crippen molar-refractivity contribution in [3.8, 4) is 0 Å². The van der Waals surface area contributed by atoms with E-state index < -0.39 is 24.2 Å². The van der Waals surface area contributed by atoms with Crippen LogP contribution >= 0.6 is 0 Å². The van der Waals surface area contributed by atoms with Gasteiger partial charge in [-0.3, -0.25) is 0 Å². The Morgan fingerprint density at radius 2 is 2.36 bits per heavy atom. The van der Waals surface area contributed by atoms with Crippen LogP contribution in [0.25, 0.3) is 0 Å². The summed E-state index contributed by atoms with van der Waals surface area (Å²) in [6.07, 6.45) is 0.483. The molecule has 0 aromatic carbocycles. The molecule has 0 aliphatic heterocycles. The lowest BCUT2D eigenvalue weighted by molar-refractivity contribution is -0.145. The van der Waals surface area contributed by atoms with Gasteiger partial charge in [0.15, 0.2) is 0 Å². The third-order valence-electron chi connectivity index (χ3n) is 1.75. The normalized spacial score (nSPS) is 32.2. The Kier molecular flexibility index (Phi) is 2.24. The van der Waals surface area contributed by atoms with Gasteiger partial charge in [0.05, 0.1) is 6.10 Å². The van der Waals surface area contributed by atoms with Crippen molar-refractivity contribution in [3.63, 3.8) is 0 Å². The van der Waals surface area contributed by atoms with E-state index >= 15 is 0 Å². The maximum Gasteiger partial charge on any atom is 0.339 e. The second kappa shape index (κ2) is 3.00. The minimum absolute atomic E-state index is 0.346. The number of aliphatic carboxylic acids is 1. The van der Waals surface area contributed by atoms with Crippen LogP contribution in [-0.2, 0) is 4.79 Å². The molecule has 0 aromatic rings. The van der Waals surface area contributed by atoms with Crippen LogP contribution < -0.4 is 0 Å². The van der Waals surface area contributed by atoms with Crippen molar-refractivity contribution in [2.45, 2.75) is 18.7 Å². The number of carboxylic acids is 1. The molecule has 0 heterocycles. The third kappa shape index (κ3) is 1.57. The van der Waals surface area contributed by atoms with Crippen molar-refractivity contribution in [2.75, 3.05) is 0 Å². The van der Waals surface area contributed by atoms with Gasteiger partial charge in [0.1, 0.15) is 0 Å². The van der Waals surface area contributed by atoms with E-state index in [1.807, 2.05) is 0 Å². The smallest absolute Gasteiger partial charge is 0.339 e. The van der Waals surface area contributed by atoms with Crippen LogP contribution in [0.5, 0.6) is 0 Å². The topological polar surface area (TPSA) is 57.5 Å². The molecule has 1 aliphatic rings. The lowest BCUT2D eigenvalue weighted by Gasteiger charge is -2.14. The van der Waals surface area contributed by atoms with E-state index in [0.29, 0.717) is 6.42 Å². The van der Waals surface area contributed by atoms with Crippen LogP contribution in [0.15, 0.2) is 12.2 Å². The van der Waals surface area contributed by atoms with Crippen LogP contribution in [0.3, 0.4) is 0 Å². The quantitative estimate of drug-likeness (QED) is 0.573. The SMILES string of the molecule is O=C(O)C(F)[C@H]1C=CC[C@@H]1O. The monoisotopic (exact) mass is 160 g/mol. The predicted octanol–water partition coefficient (Wildman–Crippen LogP) is 0.346. The molecule has 4 heteroatoms. The van der Waals surface area contributed by atoms with Crippen LogP contribution in [0.4, 0.5) is 4.39 Å². The van der Waals surface area contributed by atoms with Crippen molar-refractivity contribution in [2.24, 2.45) is 5.92 Å². The molecule has 1 rings (SSSR count). The number of hydrogen-bond donors (Lipinski definition) is 2. The molecule has 1 unspecified atom stereocenters. The summed E-state index contributed by atoms with van der Waals surface area (Å²) in [6.45, 7) is 0. The molecule has 0 fully saturated rings. The zero-order chi connectivity index (χ0) is 8.43. The Balaban J connectivity index is 2.59. The van der Waals surface area contributed by atoms with Gasteiger partial charge in [-0.05, 0) is 6.42 Å². The van der Waals surface area contributed by atoms with Crippen molar-refractivity contribution in [1.82, 2.24) is 0 Å². The van der Waals surface area contributed by atoms with Gasteiger partial charge >= 0.3 is 5.97 Å². The number of carbonyl (C=O) groups is 1. The zero-order valence-corrected chi connectivity index (χ0v) is 5.77. The highest BCUT2D eigenvalue weighted by Gasteiger charge is 2.33. The fraction of sp³-hybridized carbons (Fsp3) is 0.571. The molecule has 11 heavy (non-hydrogen) atoms.